The van der Waals surface area contributed by atoms with E-state index in [0.717, 1.165) is 10.4 Å². The molecule has 1 amide bonds. The summed E-state index contributed by atoms with van der Waals surface area (Å²) in [6.07, 6.45) is 0.542. The van der Waals surface area contributed by atoms with E-state index in [1.165, 1.54) is 0 Å². The molecule has 1 heterocycles. The molecule has 0 saturated carbocycles. The van der Waals surface area contributed by atoms with Crippen molar-refractivity contribution in [1.29, 1.82) is 0 Å². The van der Waals surface area contributed by atoms with Crippen molar-refractivity contribution >= 4 is 17.2 Å². The van der Waals surface area contributed by atoms with Crippen LogP contribution in [0.25, 0.3) is 0 Å². The summed E-state index contributed by atoms with van der Waals surface area (Å²) in [5.41, 5.74) is 1.06. The van der Waals surface area contributed by atoms with Gasteiger partial charge in [0.25, 0.3) is 0 Å². The number of thiophene rings is 1. The number of nitrogens with zero attached hydrogens (tertiary/aromatic N) is 1. The number of likely N-dealkylation sites (N-methyl/N-ethyl adjacent to an activating group) is 1. The predicted molar refractivity (Wildman–Crippen MR) is 80.5 cm³/mol. The normalized spacial score (nSPS) is 10.2. The number of amides is 1. The molecule has 0 atom stereocenters. The van der Waals surface area contributed by atoms with Crippen molar-refractivity contribution in [3.05, 3.63) is 21.9 Å². The second-order valence-electron chi connectivity index (χ2n) is 4.70. The maximum absolute atomic E-state index is 11.8. The van der Waals surface area contributed by atoms with Crippen LogP contribution in [-0.4, -0.2) is 42.3 Å². The Hall–Kier alpha value is -1.35. The predicted octanol–water partition coefficient (Wildman–Crippen LogP) is 1.87. The highest BCUT2D eigenvalue weighted by Gasteiger charge is 2.11. The fourth-order valence-corrected chi connectivity index (χ4v) is 2.21. The van der Waals surface area contributed by atoms with Crippen LogP contribution in [0.1, 0.15) is 30.7 Å². The average Bonchev–Trinajstić information content (AvgIpc) is 2.83. The third-order valence-electron chi connectivity index (χ3n) is 2.49. The Labute approximate surface area is 124 Å². The molecule has 1 rings (SSSR count). The molecule has 0 aliphatic carbocycles. The van der Waals surface area contributed by atoms with Crippen molar-refractivity contribution in [2.24, 2.45) is 0 Å². The van der Waals surface area contributed by atoms with Gasteiger partial charge in [0, 0.05) is 20.0 Å². The van der Waals surface area contributed by atoms with E-state index < -0.39 is 0 Å². The zero-order valence-corrected chi connectivity index (χ0v) is 13.0. The lowest BCUT2D eigenvalue weighted by atomic mass is 10.3. The molecular formula is C15H21NO3S. The maximum Gasteiger partial charge on any atom is 0.248 e. The molecule has 0 radical (unpaired) electrons. The van der Waals surface area contributed by atoms with Crippen molar-refractivity contribution < 1.29 is 14.6 Å². The van der Waals surface area contributed by atoms with Crippen molar-refractivity contribution in [2.75, 3.05) is 20.3 Å². The molecule has 1 aromatic rings. The number of ether oxygens (including phenoxy) is 1. The van der Waals surface area contributed by atoms with Crippen molar-refractivity contribution in [2.45, 2.75) is 32.9 Å². The van der Waals surface area contributed by atoms with Gasteiger partial charge in [0.1, 0.15) is 6.61 Å². The average molecular weight is 295 g/mol. The van der Waals surface area contributed by atoms with Gasteiger partial charge >= 0.3 is 0 Å². The summed E-state index contributed by atoms with van der Waals surface area (Å²) in [5.74, 6) is 5.84. The minimum atomic E-state index is -0.0298. The molecule has 0 aliphatic rings. The first-order chi connectivity index (χ1) is 9.52. The Bertz CT molecular complexity index is 485. The van der Waals surface area contributed by atoms with E-state index in [2.05, 4.69) is 11.8 Å². The standard InChI is InChI=1S/C15H21NO3S/c1-12(2)19-10-15(18)16(3)9-13-8-14(20-11-13)6-4-5-7-17/h8,11-12,17H,5,7,9-10H2,1-3H3. The summed E-state index contributed by atoms with van der Waals surface area (Å²) in [6.45, 7) is 4.56. The monoisotopic (exact) mass is 295 g/mol. The number of hydrogen-bond donors (Lipinski definition) is 1. The molecule has 0 bridgehead atoms. The lowest BCUT2D eigenvalue weighted by Crippen LogP contribution is -2.30. The van der Waals surface area contributed by atoms with Crippen LogP contribution in [0.15, 0.2) is 11.4 Å². The SMILES string of the molecule is CC(C)OCC(=O)N(C)Cc1csc(C#CCCO)c1. The third-order valence-corrected chi connectivity index (χ3v) is 3.38. The molecule has 1 aromatic heterocycles. The fraction of sp³-hybridized carbons (Fsp3) is 0.533. The van der Waals surface area contributed by atoms with Gasteiger partial charge in [-0.05, 0) is 30.9 Å². The molecule has 0 spiro atoms. The summed E-state index contributed by atoms with van der Waals surface area (Å²) in [7, 11) is 1.76. The van der Waals surface area contributed by atoms with E-state index in [9.17, 15) is 4.79 Å². The van der Waals surface area contributed by atoms with Crippen LogP contribution in [0.4, 0.5) is 0 Å². The van der Waals surface area contributed by atoms with Gasteiger partial charge in [-0.25, -0.2) is 0 Å². The Morgan fingerprint density at radius 1 is 1.55 bits per heavy atom. The molecule has 0 saturated heterocycles. The van der Waals surface area contributed by atoms with E-state index >= 15 is 0 Å². The van der Waals surface area contributed by atoms with Gasteiger partial charge in [-0.2, -0.15) is 0 Å². The van der Waals surface area contributed by atoms with Gasteiger partial charge < -0.3 is 14.7 Å². The number of rotatable bonds is 6. The van der Waals surface area contributed by atoms with Gasteiger partial charge in [0.05, 0.1) is 17.6 Å². The van der Waals surface area contributed by atoms with Crippen molar-refractivity contribution in [1.82, 2.24) is 4.90 Å². The number of carbonyl (C=O) groups is 1. The second-order valence-corrected chi connectivity index (χ2v) is 5.62. The summed E-state index contributed by atoms with van der Waals surface area (Å²) in [6, 6.07) is 1.97. The first-order valence-electron chi connectivity index (χ1n) is 6.55. The molecule has 110 valence electrons. The van der Waals surface area contributed by atoms with Crippen LogP contribution >= 0.6 is 11.3 Å². The zero-order chi connectivity index (χ0) is 15.0. The van der Waals surface area contributed by atoms with Gasteiger partial charge in [-0.15, -0.1) is 11.3 Å². The van der Waals surface area contributed by atoms with E-state index in [4.69, 9.17) is 9.84 Å². The molecule has 0 aliphatic heterocycles. The van der Waals surface area contributed by atoms with E-state index in [1.54, 1.807) is 23.3 Å². The summed E-state index contributed by atoms with van der Waals surface area (Å²) in [5, 5.41) is 10.7. The van der Waals surface area contributed by atoms with Crippen LogP contribution in [0.2, 0.25) is 0 Å². The van der Waals surface area contributed by atoms with Crippen LogP contribution in [0.3, 0.4) is 0 Å². The Kier molecular flexibility index (Phi) is 7.31. The first kappa shape index (κ1) is 16.7. The van der Waals surface area contributed by atoms with Crippen molar-refractivity contribution in [3.8, 4) is 11.8 Å². The van der Waals surface area contributed by atoms with Crippen LogP contribution in [0, 0.1) is 11.8 Å². The van der Waals surface area contributed by atoms with Gasteiger partial charge in [0.15, 0.2) is 0 Å². The van der Waals surface area contributed by atoms with Gasteiger partial charge in [-0.1, -0.05) is 11.8 Å². The second kappa shape index (κ2) is 8.75. The van der Waals surface area contributed by atoms with Crippen molar-refractivity contribution in [3.63, 3.8) is 0 Å². The molecule has 20 heavy (non-hydrogen) atoms. The summed E-state index contributed by atoms with van der Waals surface area (Å²) in [4.78, 5) is 14.4. The lowest BCUT2D eigenvalue weighted by molar-refractivity contribution is -0.136. The molecule has 4 nitrogen and oxygen atoms in total. The van der Waals surface area contributed by atoms with E-state index in [1.807, 2.05) is 25.3 Å². The quantitative estimate of drug-likeness (QED) is 0.815. The highest BCUT2D eigenvalue weighted by Crippen LogP contribution is 2.15. The van der Waals surface area contributed by atoms with Crippen LogP contribution in [-0.2, 0) is 16.1 Å². The maximum atomic E-state index is 11.8. The largest absolute Gasteiger partial charge is 0.395 e. The first-order valence-corrected chi connectivity index (χ1v) is 7.43. The molecule has 1 N–H and O–H groups in total. The number of hydrogen-bond acceptors (Lipinski definition) is 4. The van der Waals surface area contributed by atoms with Gasteiger partial charge in [-0.3, -0.25) is 4.79 Å². The topological polar surface area (TPSA) is 49.8 Å². The number of aliphatic hydroxyl groups excluding tert-OH is 1. The molecule has 0 unspecified atom stereocenters. The highest BCUT2D eigenvalue weighted by atomic mass is 32.1. The van der Waals surface area contributed by atoms with Gasteiger partial charge in [0.2, 0.25) is 5.91 Å². The van der Waals surface area contributed by atoms with E-state index in [0.29, 0.717) is 13.0 Å². The Morgan fingerprint density at radius 2 is 2.30 bits per heavy atom. The fourth-order valence-electron chi connectivity index (χ4n) is 1.44. The molecular weight excluding hydrogens is 274 g/mol. The molecule has 5 heteroatoms. The third kappa shape index (κ3) is 6.20. The van der Waals surface area contributed by atoms with E-state index in [-0.39, 0.29) is 25.2 Å². The molecule has 0 fully saturated rings. The smallest absolute Gasteiger partial charge is 0.248 e. The summed E-state index contributed by atoms with van der Waals surface area (Å²) < 4.78 is 5.30. The van der Waals surface area contributed by atoms with Crippen LogP contribution in [0.5, 0.6) is 0 Å². The summed E-state index contributed by atoms with van der Waals surface area (Å²) >= 11 is 1.55. The molecule has 0 aromatic carbocycles. The zero-order valence-electron chi connectivity index (χ0n) is 12.2. The lowest BCUT2D eigenvalue weighted by Gasteiger charge is -2.17. The minimum absolute atomic E-state index is 0.0298. The Morgan fingerprint density at radius 3 is 2.95 bits per heavy atom. The minimum Gasteiger partial charge on any atom is -0.395 e. The highest BCUT2D eigenvalue weighted by molar-refractivity contribution is 7.10. The number of carbonyl (C=O) groups excluding carboxylic acids is 1. The van der Waals surface area contributed by atoms with Crippen LogP contribution < -0.4 is 0 Å². The Balaban J connectivity index is 2.48. The number of aliphatic hydroxyl groups is 1.